The molecule has 2 atom stereocenters. The number of hydrogen-bond donors (Lipinski definition) is 2. The highest BCUT2D eigenvalue weighted by Gasteiger charge is 2.38. The minimum atomic E-state index is -0.562. The van der Waals surface area contributed by atoms with Crippen molar-refractivity contribution < 1.29 is 28.5 Å². The van der Waals surface area contributed by atoms with Crippen molar-refractivity contribution in [2.24, 2.45) is 5.92 Å². The molecular formula is C26H41N3O6. The lowest BCUT2D eigenvalue weighted by molar-refractivity contribution is -0.137. The van der Waals surface area contributed by atoms with Crippen LogP contribution in [0.2, 0.25) is 0 Å². The Hall–Kier alpha value is -2.52. The fraction of sp³-hybridized carbons (Fsp3) is 0.692. The van der Waals surface area contributed by atoms with Crippen LogP contribution in [0.1, 0.15) is 52.0 Å². The number of carbonyl (C=O) groups is 2. The largest absolute Gasteiger partial charge is 0.497 e. The smallest absolute Gasteiger partial charge is 0.407 e. The van der Waals surface area contributed by atoms with Crippen LogP contribution in [0, 0.1) is 5.92 Å². The number of carbonyl (C=O) groups excluding carboxylic acids is 2. The first-order chi connectivity index (χ1) is 16.7. The van der Waals surface area contributed by atoms with Gasteiger partial charge in [0.25, 0.3) is 0 Å². The number of amides is 2. The fourth-order valence-electron chi connectivity index (χ4n) is 4.24. The molecule has 35 heavy (non-hydrogen) atoms. The number of hydrogen-bond acceptors (Lipinski definition) is 7. The zero-order valence-corrected chi connectivity index (χ0v) is 21.7. The normalized spacial score (nSPS) is 20.1. The van der Waals surface area contributed by atoms with Crippen molar-refractivity contribution in [3.63, 3.8) is 0 Å². The minimum Gasteiger partial charge on any atom is -0.497 e. The Morgan fingerprint density at radius 3 is 2.49 bits per heavy atom. The summed E-state index contributed by atoms with van der Waals surface area (Å²) in [6, 6.07) is 5.88. The summed E-state index contributed by atoms with van der Waals surface area (Å²) >= 11 is 0. The first-order valence-electron chi connectivity index (χ1n) is 12.5. The van der Waals surface area contributed by atoms with Crippen molar-refractivity contribution >= 4 is 12.0 Å². The van der Waals surface area contributed by atoms with Crippen molar-refractivity contribution in [2.45, 2.75) is 70.7 Å². The van der Waals surface area contributed by atoms with Crippen LogP contribution in [0.4, 0.5) is 4.79 Å². The highest BCUT2D eigenvalue weighted by atomic mass is 16.6. The highest BCUT2D eigenvalue weighted by molar-refractivity contribution is 5.80. The van der Waals surface area contributed by atoms with Crippen LogP contribution in [-0.4, -0.2) is 75.1 Å². The Balaban J connectivity index is 1.64. The first kappa shape index (κ1) is 27.1. The van der Waals surface area contributed by atoms with Gasteiger partial charge in [-0.1, -0.05) is 0 Å². The van der Waals surface area contributed by atoms with E-state index in [1.165, 1.54) is 0 Å². The van der Waals surface area contributed by atoms with E-state index in [4.69, 9.17) is 18.9 Å². The molecule has 1 aromatic rings. The van der Waals surface area contributed by atoms with Gasteiger partial charge in [0.15, 0.2) is 0 Å². The molecule has 3 rings (SSSR count). The molecule has 0 spiro atoms. The van der Waals surface area contributed by atoms with Crippen LogP contribution in [0.5, 0.6) is 11.5 Å². The number of nitrogens with zero attached hydrogens (tertiary/aromatic N) is 1. The summed E-state index contributed by atoms with van der Waals surface area (Å²) < 4.78 is 21.8. The van der Waals surface area contributed by atoms with Crippen LogP contribution in [-0.2, 0) is 20.8 Å². The maximum absolute atomic E-state index is 13.6. The third-order valence-corrected chi connectivity index (χ3v) is 5.98. The standard InChI is InChI=1S/C26H41N3O6/c1-26(2,3)35-25(31)28-20-13-19(15-27-16-20)24(30)29(21-7-8-21)17-18-11-22(33-5)14-23(12-18)34-10-6-9-32-4/h11-12,14,19-21,27H,6-10,13,15-17H2,1-5H3,(H,28,31). The minimum absolute atomic E-state index is 0.112. The average molecular weight is 492 g/mol. The predicted octanol–water partition coefficient (Wildman–Crippen LogP) is 3.10. The summed E-state index contributed by atoms with van der Waals surface area (Å²) in [6.45, 7) is 8.40. The number of piperidine rings is 1. The Labute approximate surface area is 208 Å². The molecule has 1 saturated heterocycles. The maximum Gasteiger partial charge on any atom is 0.407 e. The molecule has 1 heterocycles. The van der Waals surface area contributed by atoms with Crippen molar-refractivity contribution in [3.05, 3.63) is 23.8 Å². The lowest BCUT2D eigenvalue weighted by Gasteiger charge is -2.34. The molecule has 2 amide bonds. The summed E-state index contributed by atoms with van der Waals surface area (Å²) in [7, 11) is 3.30. The van der Waals surface area contributed by atoms with Gasteiger partial charge >= 0.3 is 6.09 Å². The van der Waals surface area contributed by atoms with Gasteiger partial charge in [-0.05, 0) is 57.7 Å². The molecular weight excluding hydrogens is 450 g/mol. The Morgan fingerprint density at radius 2 is 1.83 bits per heavy atom. The summed E-state index contributed by atoms with van der Waals surface area (Å²) in [4.78, 5) is 27.8. The summed E-state index contributed by atoms with van der Waals surface area (Å²) in [5.74, 6) is 1.33. The second kappa shape index (κ2) is 12.4. The molecule has 0 aromatic heterocycles. The van der Waals surface area contributed by atoms with E-state index in [1.54, 1.807) is 14.2 Å². The summed E-state index contributed by atoms with van der Waals surface area (Å²) in [5, 5.41) is 6.21. The van der Waals surface area contributed by atoms with Gasteiger partial charge in [-0.2, -0.15) is 0 Å². The van der Waals surface area contributed by atoms with Crippen molar-refractivity contribution in [1.82, 2.24) is 15.5 Å². The highest BCUT2D eigenvalue weighted by Crippen LogP contribution is 2.32. The van der Waals surface area contributed by atoms with Gasteiger partial charge < -0.3 is 34.5 Å². The van der Waals surface area contributed by atoms with E-state index in [9.17, 15) is 9.59 Å². The Morgan fingerprint density at radius 1 is 1.09 bits per heavy atom. The van der Waals surface area contributed by atoms with Crippen LogP contribution in [0.25, 0.3) is 0 Å². The topological polar surface area (TPSA) is 98.4 Å². The predicted molar refractivity (Wildman–Crippen MR) is 133 cm³/mol. The number of benzene rings is 1. The molecule has 196 valence electrons. The van der Waals surface area contributed by atoms with Crippen molar-refractivity contribution in [1.29, 1.82) is 0 Å². The van der Waals surface area contributed by atoms with Gasteiger partial charge in [0, 0.05) is 57.9 Å². The lowest BCUT2D eigenvalue weighted by atomic mass is 9.94. The number of alkyl carbamates (subject to hydrolysis) is 1. The zero-order chi connectivity index (χ0) is 25.4. The monoisotopic (exact) mass is 491 g/mol. The van der Waals surface area contributed by atoms with Gasteiger partial charge in [0.05, 0.1) is 19.6 Å². The first-order valence-corrected chi connectivity index (χ1v) is 12.5. The third kappa shape index (κ3) is 8.89. The Kier molecular flexibility index (Phi) is 9.63. The van der Waals surface area contributed by atoms with Gasteiger partial charge in [-0.15, -0.1) is 0 Å². The molecule has 9 nitrogen and oxygen atoms in total. The second-order valence-electron chi connectivity index (χ2n) is 10.3. The van der Waals surface area contributed by atoms with Gasteiger partial charge in [0.2, 0.25) is 5.91 Å². The number of rotatable bonds is 11. The zero-order valence-electron chi connectivity index (χ0n) is 21.7. The molecule has 2 N–H and O–H groups in total. The van der Waals surface area contributed by atoms with E-state index >= 15 is 0 Å². The van der Waals surface area contributed by atoms with E-state index in [2.05, 4.69) is 10.6 Å². The van der Waals surface area contributed by atoms with Gasteiger partial charge in [0.1, 0.15) is 17.1 Å². The van der Waals surface area contributed by atoms with Crippen molar-refractivity contribution in [3.8, 4) is 11.5 Å². The van der Waals surface area contributed by atoms with E-state index in [1.807, 2.05) is 43.9 Å². The van der Waals surface area contributed by atoms with E-state index in [0.717, 1.165) is 30.6 Å². The number of nitrogens with one attached hydrogen (secondary N) is 2. The van der Waals surface area contributed by atoms with E-state index in [-0.39, 0.29) is 23.9 Å². The maximum atomic E-state index is 13.6. The van der Waals surface area contributed by atoms with Gasteiger partial charge in [-0.3, -0.25) is 4.79 Å². The molecule has 1 saturated carbocycles. The summed E-state index contributed by atoms with van der Waals surface area (Å²) in [6.07, 6.45) is 2.94. The lowest BCUT2D eigenvalue weighted by Crippen LogP contribution is -2.53. The average Bonchev–Trinajstić information content (AvgIpc) is 3.64. The third-order valence-electron chi connectivity index (χ3n) is 5.98. The molecule has 2 unspecified atom stereocenters. The van der Waals surface area contributed by atoms with Crippen LogP contribution in [0.3, 0.4) is 0 Å². The van der Waals surface area contributed by atoms with Crippen molar-refractivity contribution in [2.75, 3.05) is 40.5 Å². The molecule has 0 radical (unpaired) electrons. The molecule has 1 aromatic carbocycles. The second-order valence-corrected chi connectivity index (χ2v) is 10.3. The molecule has 9 heteroatoms. The van der Waals surface area contributed by atoms with Crippen LogP contribution >= 0.6 is 0 Å². The molecule has 2 fully saturated rings. The summed E-state index contributed by atoms with van der Waals surface area (Å²) in [5.41, 5.74) is 0.409. The van der Waals surface area contributed by atoms with Gasteiger partial charge in [-0.25, -0.2) is 4.79 Å². The van der Waals surface area contributed by atoms with E-state index in [0.29, 0.717) is 45.0 Å². The number of ether oxygens (including phenoxy) is 4. The number of methoxy groups -OCH3 is 2. The molecule has 0 bridgehead atoms. The fourth-order valence-corrected chi connectivity index (χ4v) is 4.24. The van der Waals surface area contributed by atoms with Crippen LogP contribution in [0.15, 0.2) is 18.2 Å². The quantitative estimate of drug-likeness (QED) is 0.459. The molecule has 1 aliphatic heterocycles. The Bertz CT molecular complexity index is 852. The molecule has 2 aliphatic rings. The molecule has 1 aliphatic carbocycles. The SMILES string of the molecule is COCCCOc1cc(CN(C(=O)C2CNCC(NC(=O)OC(C)(C)C)C2)C2CC2)cc(OC)c1. The van der Waals surface area contributed by atoms with Crippen LogP contribution < -0.4 is 20.1 Å². The van der Waals surface area contributed by atoms with E-state index < -0.39 is 11.7 Å².